The number of ether oxygens (including phenoxy) is 1. The number of hydrogen-bond donors (Lipinski definition) is 2. The average molecular weight is 386 g/mol. The van der Waals surface area contributed by atoms with Crippen LogP contribution in [0.15, 0.2) is 18.2 Å². The number of amides is 3. The molecule has 0 saturated carbocycles. The summed E-state index contributed by atoms with van der Waals surface area (Å²) in [7, 11) is 0. The van der Waals surface area contributed by atoms with Crippen LogP contribution in [0, 0.1) is 5.82 Å². The molecule has 0 unspecified atom stereocenters. The first kappa shape index (κ1) is 20.0. The van der Waals surface area contributed by atoms with Crippen LogP contribution in [0.25, 0.3) is 0 Å². The largest absolute Gasteiger partial charge is 0.450 e. The van der Waals surface area contributed by atoms with Gasteiger partial charge in [-0.2, -0.15) is 0 Å². The summed E-state index contributed by atoms with van der Waals surface area (Å²) in [4.78, 5) is 37.1. The zero-order valence-electron chi connectivity index (χ0n) is 14.4. The molecular formula is C17H21ClFN3O4. The Morgan fingerprint density at radius 3 is 2.58 bits per heavy atom. The van der Waals surface area contributed by atoms with Gasteiger partial charge < -0.3 is 20.3 Å². The van der Waals surface area contributed by atoms with Gasteiger partial charge in [-0.1, -0.05) is 11.6 Å². The third-order valence-electron chi connectivity index (χ3n) is 3.91. The van der Waals surface area contributed by atoms with Crippen LogP contribution in [0.3, 0.4) is 0 Å². The maximum absolute atomic E-state index is 13.1. The van der Waals surface area contributed by atoms with E-state index in [1.54, 1.807) is 11.8 Å². The number of piperidine rings is 1. The first-order valence-corrected chi connectivity index (χ1v) is 8.72. The van der Waals surface area contributed by atoms with Crippen LogP contribution in [0.4, 0.5) is 14.9 Å². The molecular weight excluding hydrogens is 365 g/mol. The smallest absolute Gasteiger partial charge is 0.409 e. The Labute approximate surface area is 155 Å². The first-order valence-electron chi connectivity index (χ1n) is 8.35. The van der Waals surface area contributed by atoms with Gasteiger partial charge in [0.15, 0.2) is 0 Å². The van der Waals surface area contributed by atoms with Crippen LogP contribution < -0.4 is 10.6 Å². The van der Waals surface area contributed by atoms with Gasteiger partial charge in [-0.25, -0.2) is 9.18 Å². The molecule has 1 fully saturated rings. The van der Waals surface area contributed by atoms with Crippen LogP contribution >= 0.6 is 11.6 Å². The third-order valence-corrected chi connectivity index (χ3v) is 4.20. The fraction of sp³-hybridized carbons (Fsp3) is 0.471. The minimum atomic E-state index is -0.587. The normalized spacial score (nSPS) is 14.7. The molecule has 9 heteroatoms. The molecule has 1 aliphatic heterocycles. The van der Waals surface area contributed by atoms with E-state index in [-0.39, 0.29) is 23.6 Å². The zero-order chi connectivity index (χ0) is 19.1. The van der Waals surface area contributed by atoms with Crippen LogP contribution in [0.5, 0.6) is 0 Å². The molecule has 0 aromatic heterocycles. The summed E-state index contributed by atoms with van der Waals surface area (Å²) in [6, 6.07) is 3.68. The Balaban J connectivity index is 1.74. The van der Waals surface area contributed by atoms with Gasteiger partial charge in [-0.3, -0.25) is 9.59 Å². The van der Waals surface area contributed by atoms with Crippen molar-refractivity contribution in [2.45, 2.75) is 32.2 Å². The molecule has 2 N–H and O–H groups in total. The van der Waals surface area contributed by atoms with E-state index in [4.69, 9.17) is 16.3 Å². The lowest BCUT2D eigenvalue weighted by atomic mass is 10.1. The summed E-state index contributed by atoms with van der Waals surface area (Å²) in [5.74, 6) is -1.52. The fourth-order valence-corrected chi connectivity index (χ4v) is 2.81. The van der Waals surface area contributed by atoms with Crippen molar-refractivity contribution >= 4 is 35.2 Å². The van der Waals surface area contributed by atoms with Crippen LogP contribution in [0.2, 0.25) is 5.02 Å². The second-order valence-electron chi connectivity index (χ2n) is 5.88. The van der Waals surface area contributed by atoms with Gasteiger partial charge in [-0.15, -0.1) is 0 Å². The van der Waals surface area contributed by atoms with Gasteiger partial charge in [0, 0.05) is 24.8 Å². The van der Waals surface area contributed by atoms with E-state index in [9.17, 15) is 18.8 Å². The lowest BCUT2D eigenvalue weighted by Gasteiger charge is -2.31. The number of nitrogens with one attached hydrogen (secondary N) is 2. The van der Waals surface area contributed by atoms with Crippen molar-refractivity contribution < 1.29 is 23.5 Å². The maximum atomic E-state index is 13.1. The predicted octanol–water partition coefficient (Wildman–Crippen LogP) is 2.54. The third kappa shape index (κ3) is 5.87. The minimum absolute atomic E-state index is 0.0961. The van der Waals surface area contributed by atoms with E-state index in [0.29, 0.717) is 38.2 Å². The van der Waals surface area contributed by atoms with Gasteiger partial charge >= 0.3 is 6.09 Å². The highest BCUT2D eigenvalue weighted by atomic mass is 35.5. The maximum Gasteiger partial charge on any atom is 0.409 e. The number of nitrogens with zero attached hydrogens (tertiary/aromatic N) is 1. The number of halogens is 2. The second-order valence-corrected chi connectivity index (χ2v) is 6.29. The minimum Gasteiger partial charge on any atom is -0.450 e. The molecule has 142 valence electrons. The van der Waals surface area contributed by atoms with Crippen molar-refractivity contribution in [2.24, 2.45) is 0 Å². The molecule has 1 aromatic rings. The molecule has 26 heavy (non-hydrogen) atoms. The molecule has 1 aromatic carbocycles. The molecule has 1 heterocycles. The molecule has 0 spiro atoms. The van der Waals surface area contributed by atoms with Crippen LogP contribution in [-0.2, 0) is 14.3 Å². The van der Waals surface area contributed by atoms with Crippen molar-refractivity contribution in [3.05, 3.63) is 29.0 Å². The summed E-state index contributed by atoms with van der Waals surface area (Å²) in [6.45, 7) is 3.05. The Bertz CT molecular complexity index is 678. The Hall–Kier alpha value is -2.35. The van der Waals surface area contributed by atoms with Gasteiger partial charge in [0.2, 0.25) is 11.8 Å². The number of rotatable bonds is 5. The fourth-order valence-electron chi connectivity index (χ4n) is 2.62. The van der Waals surface area contributed by atoms with Crippen molar-refractivity contribution in [1.29, 1.82) is 0 Å². The monoisotopic (exact) mass is 385 g/mol. The summed E-state index contributed by atoms with van der Waals surface area (Å²) in [5, 5.41) is 5.17. The Morgan fingerprint density at radius 2 is 1.96 bits per heavy atom. The SMILES string of the molecule is CCOC(=O)N1CCC(NC(=O)CC(=O)Nc2ccc(F)c(Cl)c2)CC1. The van der Waals surface area contributed by atoms with Crippen LogP contribution in [-0.4, -0.2) is 48.5 Å². The van der Waals surface area contributed by atoms with Crippen molar-refractivity contribution in [2.75, 3.05) is 25.0 Å². The molecule has 0 aliphatic carbocycles. The van der Waals surface area contributed by atoms with Gasteiger partial charge in [0.05, 0.1) is 11.6 Å². The van der Waals surface area contributed by atoms with E-state index in [1.807, 2.05) is 0 Å². The standard InChI is InChI=1S/C17H21ClFN3O4/c1-2-26-17(25)22-7-5-11(6-8-22)20-15(23)10-16(24)21-12-3-4-14(19)13(18)9-12/h3-4,9,11H,2,5-8,10H2,1H3,(H,20,23)(H,21,24). The van der Waals surface area contributed by atoms with E-state index in [0.717, 1.165) is 6.07 Å². The van der Waals surface area contributed by atoms with Crippen molar-refractivity contribution in [3.8, 4) is 0 Å². The molecule has 0 radical (unpaired) electrons. The molecule has 3 amide bonds. The topological polar surface area (TPSA) is 87.7 Å². The van der Waals surface area contributed by atoms with E-state index >= 15 is 0 Å². The summed E-state index contributed by atoms with van der Waals surface area (Å²) in [5.41, 5.74) is 0.317. The molecule has 0 bridgehead atoms. The van der Waals surface area contributed by atoms with E-state index < -0.39 is 17.6 Å². The quantitative estimate of drug-likeness (QED) is 0.762. The molecule has 1 aliphatic rings. The number of carbonyl (C=O) groups is 3. The second kappa shape index (κ2) is 9.38. The van der Waals surface area contributed by atoms with E-state index in [1.165, 1.54) is 12.1 Å². The lowest BCUT2D eigenvalue weighted by Crippen LogP contribution is -2.47. The Kier molecular flexibility index (Phi) is 7.20. The number of likely N-dealkylation sites (tertiary alicyclic amines) is 1. The number of carbonyl (C=O) groups excluding carboxylic acids is 3. The number of anilines is 1. The average Bonchev–Trinajstić information content (AvgIpc) is 2.59. The highest BCUT2D eigenvalue weighted by Crippen LogP contribution is 2.19. The van der Waals surface area contributed by atoms with Gasteiger partial charge in [-0.05, 0) is 38.0 Å². The highest BCUT2D eigenvalue weighted by Gasteiger charge is 2.25. The summed E-state index contributed by atoms with van der Waals surface area (Å²) in [6.07, 6.45) is 0.488. The lowest BCUT2D eigenvalue weighted by molar-refractivity contribution is -0.127. The van der Waals surface area contributed by atoms with Crippen molar-refractivity contribution in [1.82, 2.24) is 10.2 Å². The molecule has 2 rings (SSSR count). The van der Waals surface area contributed by atoms with Gasteiger partial charge in [0.1, 0.15) is 12.2 Å². The predicted molar refractivity (Wildman–Crippen MR) is 94.4 cm³/mol. The number of benzene rings is 1. The zero-order valence-corrected chi connectivity index (χ0v) is 15.1. The highest BCUT2D eigenvalue weighted by molar-refractivity contribution is 6.31. The first-order chi connectivity index (χ1) is 12.4. The van der Waals surface area contributed by atoms with Crippen molar-refractivity contribution in [3.63, 3.8) is 0 Å². The molecule has 0 atom stereocenters. The molecule has 7 nitrogen and oxygen atoms in total. The van der Waals surface area contributed by atoms with E-state index in [2.05, 4.69) is 10.6 Å². The summed E-state index contributed by atoms with van der Waals surface area (Å²) < 4.78 is 18.0. The number of hydrogen-bond acceptors (Lipinski definition) is 4. The summed E-state index contributed by atoms with van der Waals surface area (Å²) >= 11 is 5.64. The Morgan fingerprint density at radius 1 is 1.27 bits per heavy atom. The van der Waals surface area contributed by atoms with Gasteiger partial charge in [0.25, 0.3) is 0 Å². The van der Waals surface area contributed by atoms with Crippen LogP contribution in [0.1, 0.15) is 26.2 Å². The molecule has 1 saturated heterocycles.